The van der Waals surface area contributed by atoms with Crippen LogP contribution in [0.3, 0.4) is 0 Å². The first-order valence-electron chi connectivity index (χ1n) is 6.48. The summed E-state index contributed by atoms with van der Waals surface area (Å²) in [6.07, 6.45) is 0.863. The number of nitrogens with zero attached hydrogens (tertiary/aromatic N) is 2. The highest BCUT2D eigenvalue weighted by atomic mass is 32.1. The van der Waals surface area contributed by atoms with Gasteiger partial charge in [0.25, 0.3) is 5.91 Å². The number of thiazole rings is 1. The monoisotopic (exact) mass is 284 g/mol. The van der Waals surface area contributed by atoms with Crippen molar-refractivity contribution in [3.63, 3.8) is 0 Å². The normalized spacial score (nSPS) is 16.5. The van der Waals surface area contributed by atoms with Gasteiger partial charge in [-0.3, -0.25) is 4.79 Å². The molecule has 0 unspecified atom stereocenters. The average Bonchev–Trinajstić information content (AvgIpc) is 2.57. The number of nitrogens with one attached hydrogen (secondary N) is 1. The predicted molar refractivity (Wildman–Crippen MR) is 76.6 cm³/mol. The Balaban J connectivity index is 2.11. The van der Waals surface area contributed by atoms with Gasteiger partial charge < -0.3 is 20.7 Å². The minimum Gasteiger partial charge on any atom is -0.382 e. The molecule has 1 aliphatic heterocycles. The van der Waals surface area contributed by atoms with E-state index in [9.17, 15) is 4.79 Å². The second-order valence-corrected chi connectivity index (χ2v) is 5.79. The third-order valence-electron chi connectivity index (χ3n) is 2.77. The van der Waals surface area contributed by atoms with E-state index in [1.165, 1.54) is 11.3 Å². The molecular weight excluding hydrogens is 264 g/mol. The van der Waals surface area contributed by atoms with Crippen LogP contribution in [-0.4, -0.2) is 48.1 Å². The molecule has 0 aromatic carbocycles. The zero-order valence-corrected chi connectivity index (χ0v) is 12.1. The SMILES string of the molecule is CC(C)Nc1nc(N)c(C(=O)N2CCCOCC2)s1. The summed E-state index contributed by atoms with van der Waals surface area (Å²) < 4.78 is 5.35. The van der Waals surface area contributed by atoms with Crippen molar-refractivity contribution >= 4 is 28.2 Å². The van der Waals surface area contributed by atoms with Crippen molar-refractivity contribution in [2.24, 2.45) is 0 Å². The average molecular weight is 284 g/mol. The topological polar surface area (TPSA) is 80.5 Å². The molecule has 3 N–H and O–H groups in total. The van der Waals surface area contributed by atoms with E-state index >= 15 is 0 Å². The van der Waals surface area contributed by atoms with E-state index < -0.39 is 0 Å². The Morgan fingerprint density at radius 2 is 2.26 bits per heavy atom. The molecule has 2 rings (SSSR count). The molecule has 7 heteroatoms. The lowest BCUT2D eigenvalue weighted by molar-refractivity contribution is 0.0747. The molecule has 0 radical (unpaired) electrons. The van der Waals surface area contributed by atoms with Crippen molar-refractivity contribution in [2.45, 2.75) is 26.3 Å². The predicted octanol–water partition coefficient (Wildman–Crippen LogP) is 1.41. The molecule has 1 saturated heterocycles. The molecule has 0 saturated carbocycles. The zero-order valence-electron chi connectivity index (χ0n) is 11.3. The van der Waals surface area contributed by atoms with Gasteiger partial charge in [-0.2, -0.15) is 0 Å². The van der Waals surface area contributed by atoms with Crippen LogP contribution in [0.5, 0.6) is 0 Å². The third kappa shape index (κ3) is 3.57. The number of amides is 1. The second-order valence-electron chi connectivity index (χ2n) is 4.79. The lowest BCUT2D eigenvalue weighted by Crippen LogP contribution is -2.33. The molecule has 6 nitrogen and oxygen atoms in total. The van der Waals surface area contributed by atoms with Gasteiger partial charge in [-0.25, -0.2) is 4.98 Å². The van der Waals surface area contributed by atoms with E-state index in [-0.39, 0.29) is 11.9 Å². The Morgan fingerprint density at radius 3 is 3.00 bits per heavy atom. The number of anilines is 2. The van der Waals surface area contributed by atoms with Gasteiger partial charge in [0.1, 0.15) is 10.7 Å². The van der Waals surface area contributed by atoms with Gasteiger partial charge in [-0.05, 0) is 20.3 Å². The highest BCUT2D eigenvalue weighted by molar-refractivity contribution is 7.18. The first-order chi connectivity index (χ1) is 9.08. The number of nitrogen functional groups attached to an aromatic ring is 1. The lowest BCUT2D eigenvalue weighted by atomic mass is 10.3. The van der Waals surface area contributed by atoms with Gasteiger partial charge in [0.15, 0.2) is 5.13 Å². The van der Waals surface area contributed by atoms with Gasteiger partial charge >= 0.3 is 0 Å². The molecule has 0 aliphatic carbocycles. The van der Waals surface area contributed by atoms with Crippen LogP contribution < -0.4 is 11.1 Å². The summed E-state index contributed by atoms with van der Waals surface area (Å²) >= 11 is 1.32. The number of carbonyl (C=O) groups is 1. The highest BCUT2D eigenvalue weighted by Gasteiger charge is 2.23. The second kappa shape index (κ2) is 6.21. The maximum Gasteiger partial charge on any atom is 0.267 e. The molecule has 1 amide bonds. The smallest absolute Gasteiger partial charge is 0.267 e. The number of hydrogen-bond acceptors (Lipinski definition) is 6. The van der Waals surface area contributed by atoms with Crippen LogP contribution in [0.25, 0.3) is 0 Å². The molecule has 2 heterocycles. The minimum absolute atomic E-state index is 0.0442. The molecule has 0 atom stereocenters. The van der Waals surface area contributed by atoms with Gasteiger partial charge in [-0.1, -0.05) is 11.3 Å². The molecular formula is C12H20N4O2S. The van der Waals surface area contributed by atoms with Crippen LogP contribution in [-0.2, 0) is 4.74 Å². The lowest BCUT2D eigenvalue weighted by Gasteiger charge is -2.18. The summed E-state index contributed by atoms with van der Waals surface area (Å²) in [6.45, 7) is 6.66. The summed E-state index contributed by atoms with van der Waals surface area (Å²) in [6, 6.07) is 0.264. The van der Waals surface area contributed by atoms with Gasteiger partial charge in [-0.15, -0.1) is 0 Å². The number of hydrogen-bond donors (Lipinski definition) is 2. The van der Waals surface area contributed by atoms with Crippen LogP contribution >= 0.6 is 11.3 Å². The van der Waals surface area contributed by atoms with Crippen LogP contribution in [0.4, 0.5) is 10.9 Å². The Kier molecular flexibility index (Phi) is 4.60. The molecule has 1 aromatic heterocycles. The number of aromatic nitrogens is 1. The van der Waals surface area contributed by atoms with Crippen LogP contribution in [0.15, 0.2) is 0 Å². The first-order valence-corrected chi connectivity index (χ1v) is 7.29. The summed E-state index contributed by atoms with van der Waals surface area (Å²) in [5.41, 5.74) is 5.84. The van der Waals surface area contributed by atoms with E-state index in [0.29, 0.717) is 42.1 Å². The largest absolute Gasteiger partial charge is 0.382 e. The van der Waals surface area contributed by atoms with Gasteiger partial charge in [0.05, 0.1) is 6.61 Å². The van der Waals surface area contributed by atoms with Crippen molar-refractivity contribution in [2.75, 3.05) is 37.4 Å². The Morgan fingerprint density at radius 1 is 1.47 bits per heavy atom. The fraction of sp³-hybridized carbons (Fsp3) is 0.667. The van der Waals surface area contributed by atoms with Crippen LogP contribution in [0.1, 0.15) is 29.9 Å². The Hall–Kier alpha value is -1.34. The van der Waals surface area contributed by atoms with Crippen molar-refractivity contribution < 1.29 is 9.53 Å². The van der Waals surface area contributed by atoms with Crippen molar-refractivity contribution in [3.05, 3.63) is 4.88 Å². The summed E-state index contributed by atoms with van der Waals surface area (Å²) in [5, 5.41) is 3.86. The molecule has 1 fully saturated rings. The fourth-order valence-corrected chi connectivity index (χ4v) is 2.89. The van der Waals surface area contributed by atoms with Gasteiger partial charge in [0.2, 0.25) is 0 Å². The number of nitrogens with two attached hydrogens (primary N) is 1. The molecule has 0 bridgehead atoms. The maximum atomic E-state index is 12.4. The number of ether oxygens (including phenoxy) is 1. The Labute approximate surface area is 116 Å². The molecule has 19 heavy (non-hydrogen) atoms. The third-order valence-corrected chi connectivity index (χ3v) is 3.76. The van der Waals surface area contributed by atoms with E-state index in [0.717, 1.165) is 6.42 Å². The molecule has 1 aliphatic rings. The van der Waals surface area contributed by atoms with Crippen molar-refractivity contribution in [3.8, 4) is 0 Å². The van der Waals surface area contributed by atoms with Gasteiger partial charge in [0, 0.05) is 25.7 Å². The Bertz CT molecular complexity index is 439. The minimum atomic E-state index is -0.0442. The first kappa shape index (κ1) is 14.1. The summed E-state index contributed by atoms with van der Waals surface area (Å²) in [5.74, 6) is 0.264. The van der Waals surface area contributed by atoms with Crippen molar-refractivity contribution in [1.29, 1.82) is 0 Å². The number of rotatable bonds is 3. The highest BCUT2D eigenvalue weighted by Crippen LogP contribution is 2.27. The zero-order chi connectivity index (χ0) is 13.8. The fourth-order valence-electron chi connectivity index (χ4n) is 1.89. The van der Waals surface area contributed by atoms with E-state index in [1.807, 2.05) is 13.8 Å². The van der Waals surface area contributed by atoms with Crippen LogP contribution in [0, 0.1) is 0 Å². The summed E-state index contributed by atoms with van der Waals surface area (Å²) in [4.78, 5) is 18.9. The van der Waals surface area contributed by atoms with E-state index in [1.54, 1.807) is 4.90 Å². The molecule has 1 aromatic rings. The molecule has 106 valence electrons. The summed E-state index contributed by atoms with van der Waals surface area (Å²) in [7, 11) is 0. The van der Waals surface area contributed by atoms with Crippen LogP contribution in [0.2, 0.25) is 0 Å². The molecule has 0 spiro atoms. The standard InChI is InChI=1S/C12H20N4O2S/c1-8(2)14-12-15-10(13)9(19-12)11(17)16-4-3-6-18-7-5-16/h8H,3-7,13H2,1-2H3,(H,14,15). The quantitative estimate of drug-likeness (QED) is 0.877. The van der Waals surface area contributed by atoms with Crippen molar-refractivity contribution in [1.82, 2.24) is 9.88 Å². The van der Waals surface area contributed by atoms with E-state index in [4.69, 9.17) is 10.5 Å². The maximum absolute atomic E-state index is 12.4. The van der Waals surface area contributed by atoms with E-state index in [2.05, 4.69) is 10.3 Å². The number of carbonyl (C=O) groups excluding carboxylic acids is 1.